The average Bonchev–Trinajstić information content (AvgIpc) is 3.40. The van der Waals surface area contributed by atoms with Crippen LogP contribution in [-0.2, 0) is 16.0 Å². The Morgan fingerprint density at radius 3 is 2.44 bits per heavy atom. The van der Waals surface area contributed by atoms with Crippen molar-refractivity contribution in [3.63, 3.8) is 0 Å². The molecular weight excluding hydrogens is 439 g/mol. The Bertz CT molecular complexity index is 1160. The molecule has 34 heavy (non-hydrogen) atoms. The number of nitrogens with zero attached hydrogens (tertiary/aromatic N) is 4. The summed E-state index contributed by atoms with van der Waals surface area (Å²) in [6.07, 6.45) is 3.39. The molecule has 0 aliphatic carbocycles. The Hall–Kier alpha value is -4.21. The van der Waals surface area contributed by atoms with Gasteiger partial charge in [0.25, 0.3) is 5.91 Å². The van der Waals surface area contributed by atoms with E-state index in [0.717, 1.165) is 16.3 Å². The number of anilines is 3. The Labute approximate surface area is 196 Å². The van der Waals surface area contributed by atoms with Crippen molar-refractivity contribution < 1.29 is 18.8 Å². The van der Waals surface area contributed by atoms with Crippen molar-refractivity contribution in [3.05, 3.63) is 72.6 Å². The molecule has 1 unspecified atom stereocenters. The molecule has 1 saturated heterocycles. The van der Waals surface area contributed by atoms with Gasteiger partial charge in [-0.25, -0.2) is 19.1 Å². The van der Waals surface area contributed by atoms with Crippen LogP contribution in [0.4, 0.5) is 26.2 Å². The molecule has 0 saturated carbocycles. The molecule has 2 N–H and O–H groups in total. The summed E-state index contributed by atoms with van der Waals surface area (Å²) in [5.41, 5.74) is 2.62. The van der Waals surface area contributed by atoms with Gasteiger partial charge in [-0.3, -0.25) is 9.59 Å². The summed E-state index contributed by atoms with van der Waals surface area (Å²) in [5, 5.41) is 2.79. The van der Waals surface area contributed by atoms with Crippen molar-refractivity contribution in [2.75, 3.05) is 35.8 Å². The Morgan fingerprint density at radius 2 is 1.82 bits per heavy atom. The molecule has 0 spiro atoms. The number of halogens is 1. The molecule has 1 aliphatic rings. The maximum Gasteiger partial charge on any atom is 0.332 e. The lowest BCUT2D eigenvalue weighted by Crippen LogP contribution is -2.39. The zero-order valence-corrected chi connectivity index (χ0v) is 18.9. The van der Waals surface area contributed by atoms with Crippen LogP contribution < -0.4 is 15.1 Å². The van der Waals surface area contributed by atoms with Crippen molar-refractivity contribution in [1.82, 2.24) is 14.9 Å². The molecule has 1 atom stereocenters. The molecule has 3 aromatic rings. The number of hydrogen-bond acceptors (Lipinski definition) is 5. The number of hydrogen-bond donors (Lipinski definition) is 2. The first kappa shape index (κ1) is 23.0. The van der Waals surface area contributed by atoms with Gasteiger partial charge >= 0.3 is 6.03 Å². The number of nitrogens with one attached hydrogen (secondary N) is 2. The molecule has 176 valence electrons. The minimum atomic E-state index is -0.985. The average molecular weight is 465 g/mol. The predicted molar refractivity (Wildman–Crippen MR) is 126 cm³/mol. The number of benzene rings is 2. The smallest absolute Gasteiger partial charge is 0.332 e. The van der Waals surface area contributed by atoms with Crippen LogP contribution >= 0.6 is 0 Å². The van der Waals surface area contributed by atoms with Crippen LogP contribution in [0.3, 0.4) is 0 Å². The molecule has 1 aromatic heterocycles. The van der Waals surface area contributed by atoms with Gasteiger partial charge in [-0.2, -0.15) is 0 Å². The summed E-state index contributed by atoms with van der Waals surface area (Å²) in [7, 11) is 3.84. The lowest BCUT2D eigenvalue weighted by molar-refractivity contribution is -0.124. The number of imidazole rings is 1. The highest BCUT2D eigenvalue weighted by Gasteiger charge is 2.46. The zero-order chi connectivity index (χ0) is 24.2. The molecule has 9 nitrogen and oxygen atoms in total. The van der Waals surface area contributed by atoms with Gasteiger partial charge in [0, 0.05) is 50.3 Å². The molecule has 0 bridgehead atoms. The molecular formula is C24H25FN6O3. The summed E-state index contributed by atoms with van der Waals surface area (Å²) in [5.74, 6) is -1.40. The zero-order valence-electron chi connectivity index (χ0n) is 18.9. The van der Waals surface area contributed by atoms with Crippen LogP contribution in [0.25, 0.3) is 0 Å². The number of aromatic nitrogens is 2. The van der Waals surface area contributed by atoms with E-state index in [1.807, 2.05) is 31.1 Å². The number of amides is 4. The van der Waals surface area contributed by atoms with Crippen LogP contribution in [0, 0.1) is 5.82 Å². The van der Waals surface area contributed by atoms with Gasteiger partial charge in [0.2, 0.25) is 5.91 Å². The molecule has 1 aliphatic heterocycles. The lowest BCUT2D eigenvalue weighted by atomic mass is 10.1. The molecule has 4 amide bonds. The fourth-order valence-electron chi connectivity index (χ4n) is 3.81. The van der Waals surface area contributed by atoms with E-state index in [9.17, 15) is 18.8 Å². The second kappa shape index (κ2) is 9.74. The van der Waals surface area contributed by atoms with Gasteiger partial charge in [0.1, 0.15) is 11.9 Å². The summed E-state index contributed by atoms with van der Waals surface area (Å²) in [6, 6.07) is 10.8. The first-order valence-electron chi connectivity index (χ1n) is 10.8. The topological polar surface area (TPSA) is 102 Å². The van der Waals surface area contributed by atoms with Crippen molar-refractivity contribution in [2.45, 2.75) is 18.9 Å². The maximum absolute atomic E-state index is 13.4. The SMILES string of the molecule is CN(C)c1ccc(NC(=O)CC2C(=O)N(c3ccc(F)cc3)C(=O)N2CCc2cnc[nH]2)cc1. The highest BCUT2D eigenvalue weighted by atomic mass is 19.1. The van der Waals surface area contributed by atoms with Crippen LogP contribution in [-0.4, -0.2) is 59.4 Å². The fraction of sp³-hybridized carbons (Fsp3) is 0.250. The van der Waals surface area contributed by atoms with Crippen LogP contribution in [0.1, 0.15) is 12.1 Å². The number of rotatable bonds is 8. The first-order valence-corrected chi connectivity index (χ1v) is 10.8. The van der Waals surface area contributed by atoms with Crippen LogP contribution in [0.5, 0.6) is 0 Å². The number of H-pyrrole nitrogens is 1. The molecule has 1 fully saturated rings. The monoisotopic (exact) mass is 464 g/mol. The Kier molecular flexibility index (Phi) is 6.58. The van der Waals surface area contributed by atoms with Crippen molar-refractivity contribution in [3.8, 4) is 0 Å². The van der Waals surface area contributed by atoms with Gasteiger partial charge in [-0.15, -0.1) is 0 Å². The van der Waals surface area contributed by atoms with Crippen molar-refractivity contribution in [1.29, 1.82) is 0 Å². The summed E-state index contributed by atoms with van der Waals surface area (Å²) in [4.78, 5) is 50.5. The van der Waals surface area contributed by atoms with Crippen molar-refractivity contribution in [2.24, 2.45) is 0 Å². The number of aromatic amines is 1. The standard InChI is InChI=1S/C24H25FN6O3/c1-29(2)19-9-5-17(6-10-19)28-22(32)13-21-23(33)31(20-7-3-16(25)4-8-20)24(34)30(21)12-11-18-14-26-15-27-18/h3-10,14-15,21H,11-13H2,1-2H3,(H,26,27)(H,28,32). The van der Waals surface area contributed by atoms with Gasteiger partial charge in [0.15, 0.2) is 0 Å². The van der Waals surface area contributed by atoms with E-state index in [4.69, 9.17) is 0 Å². The van der Waals surface area contributed by atoms with E-state index in [-0.39, 0.29) is 18.7 Å². The minimum Gasteiger partial charge on any atom is -0.378 e. The molecule has 2 aromatic carbocycles. The third kappa shape index (κ3) is 4.90. The van der Waals surface area contributed by atoms with E-state index in [2.05, 4.69) is 15.3 Å². The predicted octanol–water partition coefficient (Wildman–Crippen LogP) is 3.02. The van der Waals surface area contributed by atoms with Gasteiger partial charge in [-0.05, 0) is 48.5 Å². The maximum atomic E-state index is 13.4. The van der Waals surface area contributed by atoms with E-state index >= 15 is 0 Å². The first-order chi connectivity index (χ1) is 16.3. The highest BCUT2D eigenvalue weighted by Crippen LogP contribution is 2.28. The van der Waals surface area contributed by atoms with Crippen molar-refractivity contribution >= 4 is 34.9 Å². The van der Waals surface area contributed by atoms with Gasteiger partial charge in [-0.1, -0.05) is 0 Å². The second-order valence-corrected chi connectivity index (χ2v) is 8.16. The number of urea groups is 1. The van der Waals surface area contributed by atoms with E-state index in [1.165, 1.54) is 35.5 Å². The summed E-state index contributed by atoms with van der Waals surface area (Å²) >= 11 is 0. The Morgan fingerprint density at radius 1 is 1.12 bits per heavy atom. The number of carbonyl (C=O) groups excluding carboxylic acids is 3. The largest absolute Gasteiger partial charge is 0.378 e. The second-order valence-electron chi connectivity index (χ2n) is 8.16. The Balaban J connectivity index is 1.52. The summed E-state index contributed by atoms with van der Waals surface area (Å²) < 4.78 is 13.4. The normalized spacial score (nSPS) is 15.7. The van der Waals surface area contributed by atoms with Gasteiger partial charge in [0.05, 0.1) is 18.4 Å². The minimum absolute atomic E-state index is 0.208. The third-order valence-electron chi connectivity index (χ3n) is 5.63. The fourth-order valence-corrected chi connectivity index (χ4v) is 3.81. The molecule has 4 rings (SSSR count). The van der Waals surface area contributed by atoms with E-state index in [1.54, 1.807) is 18.3 Å². The third-order valence-corrected chi connectivity index (χ3v) is 5.63. The lowest BCUT2D eigenvalue weighted by Gasteiger charge is -2.21. The molecule has 10 heteroatoms. The molecule has 0 radical (unpaired) electrons. The van der Waals surface area contributed by atoms with Crippen LogP contribution in [0.2, 0.25) is 0 Å². The highest BCUT2D eigenvalue weighted by molar-refractivity contribution is 6.22. The van der Waals surface area contributed by atoms with E-state index in [0.29, 0.717) is 12.1 Å². The number of imide groups is 1. The van der Waals surface area contributed by atoms with Crippen LogP contribution in [0.15, 0.2) is 61.1 Å². The number of carbonyl (C=O) groups is 3. The van der Waals surface area contributed by atoms with Gasteiger partial charge < -0.3 is 20.1 Å². The summed E-state index contributed by atoms with van der Waals surface area (Å²) in [6.45, 7) is 0.208. The quantitative estimate of drug-likeness (QED) is 0.499. The molecule has 2 heterocycles. The van der Waals surface area contributed by atoms with E-state index < -0.39 is 29.7 Å².